The van der Waals surface area contributed by atoms with Gasteiger partial charge in [0.05, 0.1) is 33.0 Å². The van der Waals surface area contributed by atoms with Gasteiger partial charge in [-0.15, -0.1) is 0 Å². The first-order valence-electron chi connectivity index (χ1n) is 11.9. The lowest BCUT2D eigenvalue weighted by atomic mass is 9.91. The van der Waals surface area contributed by atoms with Crippen molar-refractivity contribution < 1.29 is 34.6 Å². The molecule has 0 radical (unpaired) electrons. The molecule has 0 heterocycles. The van der Waals surface area contributed by atoms with Crippen molar-refractivity contribution in [1.82, 2.24) is 9.57 Å². The fourth-order valence-corrected chi connectivity index (χ4v) is 7.38. The van der Waals surface area contributed by atoms with E-state index in [1.54, 1.807) is 62.1 Å². The van der Waals surface area contributed by atoms with Gasteiger partial charge in [0, 0.05) is 42.6 Å². The zero-order valence-corrected chi connectivity index (χ0v) is 22.1. The zero-order chi connectivity index (χ0) is 26.9. The molecule has 0 aromatic heterocycles. The van der Waals surface area contributed by atoms with E-state index in [0.29, 0.717) is 22.3 Å². The van der Waals surface area contributed by atoms with Crippen molar-refractivity contribution in [2.45, 2.75) is 20.8 Å². The van der Waals surface area contributed by atoms with Crippen LogP contribution >= 0.6 is 7.29 Å². The molecule has 1 atom stereocenters. The van der Waals surface area contributed by atoms with Crippen molar-refractivity contribution >= 4 is 23.9 Å². The number of aliphatic hydroxyl groups excluding tert-OH is 4. The molecule has 0 saturated carbocycles. The third kappa shape index (κ3) is 6.55. The monoisotopic (exact) mass is 520 g/mol. The summed E-state index contributed by atoms with van der Waals surface area (Å²) in [7, 11) is -4.01. The average molecular weight is 521 g/mol. The molecule has 0 saturated heterocycles. The van der Waals surface area contributed by atoms with Crippen molar-refractivity contribution in [1.29, 1.82) is 0 Å². The van der Waals surface area contributed by atoms with E-state index in [4.69, 9.17) is 0 Å². The smallest absolute Gasteiger partial charge is 0.246 e. The highest BCUT2D eigenvalue weighted by atomic mass is 31.2. The zero-order valence-electron chi connectivity index (χ0n) is 21.2. The van der Waals surface area contributed by atoms with Crippen molar-refractivity contribution in [2.75, 3.05) is 59.2 Å². The van der Waals surface area contributed by atoms with Crippen LogP contribution in [0, 0.1) is 20.8 Å². The number of Topliss-reactive ketones (excluding diaryl/α,β-unsaturated/α-hetero) is 1. The van der Waals surface area contributed by atoms with E-state index >= 15 is 0 Å². The minimum atomic E-state index is -4.01. The van der Waals surface area contributed by atoms with Gasteiger partial charge in [0.25, 0.3) is 0 Å². The predicted octanol–water partition coefficient (Wildman–Crippen LogP) is 1.11. The maximum atomic E-state index is 14.6. The summed E-state index contributed by atoms with van der Waals surface area (Å²) >= 11 is 0. The first-order valence-corrected chi connectivity index (χ1v) is 13.6. The number of aliphatic hydroxyl groups is 4. The normalized spacial score (nSPS) is 13.2. The molecular weight excluding hydrogens is 483 g/mol. The number of carbonyl (C=O) groups excluding carboxylic acids is 2. The first-order chi connectivity index (χ1) is 17.2. The minimum absolute atomic E-state index is 0.0585. The van der Waals surface area contributed by atoms with Crippen LogP contribution in [0.4, 0.5) is 0 Å². The molecule has 0 spiro atoms. The van der Waals surface area contributed by atoms with Gasteiger partial charge in [-0.2, -0.15) is 0 Å². The molecule has 0 fully saturated rings. The highest BCUT2D eigenvalue weighted by molar-refractivity contribution is 7.85. The molecule has 1 unspecified atom stereocenters. The number of ketones is 1. The summed E-state index contributed by atoms with van der Waals surface area (Å²) in [4.78, 5) is 29.1. The Hall–Kier alpha value is -2.23. The second-order valence-electron chi connectivity index (χ2n) is 8.65. The molecule has 0 aliphatic carbocycles. The van der Waals surface area contributed by atoms with Crippen LogP contribution in [0.15, 0.2) is 36.4 Å². The van der Waals surface area contributed by atoms with Crippen molar-refractivity contribution in [3.05, 3.63) is 64.2 Å². The molecule has 10 heteroatoms. The molecule has 198 valence electrons. The Morgan fingerprint density at radius 1 is 0.778 bits per heavy atom. The Morgan fingerprint density at radius 3 is 1.78 bits per heavy atom. The lowest BCUT2D eigenvalue weighted by Crippen LogP contribution is -2.36. The maximum Gasteiger partial charge on any atom is 0.246 e. The Bertz CT molecular complexity index is 1080. The molecule has 0 amide bonds. The van der Waals surface area contributed by atoms with Crippen LogP contribution in [0.3, 0.4) is 0 Å². The van der Waals surface area contributed by atoms with Gasteiger partial charge in [-0.1, -0.05) is 24.3 Å². The summed E-state index contributed by atoms with van der Waals surface area (Å²) < 4.78 is 15.9. The third-order valence-electron chi connectivity index (χ3n) is 6.16. The summed E-state index contributed by atoms with van der Waals surface area (Å²) in [5.74, 6) is -0.280. The predicted molar refractivity (Wildman–Crippen MR) is 139 cm³/mol. The summed E-state index contributed by atoms with van der Waals surface area (Å²) in [5.41, 5.74) is 1.48. The Kier molecular flexibility index (Phi) is 11.6. The number of hydrogen-bond donors (Lipinski definition) is 4. The third-order valence-corrected chi connectivity index (χ3v) is 9.13. The van der Waals surface area contributed by atoms with Gasteiger partial charge in [-0.05, 0) is 49.6 Å². The molecule has 2 aromatic rings. The van der Waals surface area contributed by atoms with Gasteiger partial charge in [0.2, 0.25) is 12.8 Å². The van der Waals surface area contributed by atoms with Crippen LogP contribution in [-0.2, 0) is 4.57 Å². The average Bonchev–Trinajstić information content (AvgIpc) is 2.83. The molecular formula is C26H37N2O7P. The van der Waals surface area contributed by atoms with E-state index in [-0.39, 0.29) is 75.8 Å². The number of nitrogens with zero attached hydrogens (tertiary/aromatic N) is 2. The van der Waals surface area contributed by atoms with Gasteiger partial charge in [-0.25, -0.2) is 4.67 Å². The quantitative estimate of drug-likeness (QED) is 0.201. The Labute approximate surface area is 212 Å². The fourth-order valence-electron chi connectivity index (χ4n) is 4.59. The van der Waals surface area contributed by atoms with E-state index in [1.807, 2.05) is 0 Å². The second kappa shape index (κ2) is 13.9. The highest BCUT2D eigenvalue weighted by Gasteiger charge is 2.42. The number of rotatable bonds is 15. The standard InChI is InChI=1S/C26H37N2O7P/c1-19-17-20(2)25(21(3)24(19)23(33)18-27(9-13-29)10-14-30)26(34)36(35,22-7-5-4-6-8-22)28(11-15-31)12-16-32/h4-8,17,29-32H,9-16,18H2,1-3H3. The van der Waals surface area contributed by atoms with Crippen LogP contribution in [0.5, 0.6) is 0 Å². The molecule has 2 rings (SSSR count). The summed E-state index contributed by atoms with van der Waals surface area (Å²) in [5, 5.41) is 38.1. The van der Waals surface area contributed by atoms with Crippen molar-refractivity contribution in [2.24, 2.45) is 0 Å². The van der Waals surface area contributed by atoms with Gasteiger partial charge in [0.15, 0.2) is 5.78 Å². The van der Waals surface area contributed by atoms with Crippen molar-refractivity contribution in [3.8, 4) is 0 Å². The summed E-state index contributed by atoms with van der Waals surface area (Å²) in [6, 6.07) is 9.98. The Morgan fingerprint density at radius 2 is 1.28 bits per heavy atom. The number of aryl methyl sites for hydroxylation is 2. The Balaban J connectivity index is 2.68. The van der Waals surface area contributed by atoms with Crippen molar-refractivity contribution in [3.63, 3.8) is 0 Å². The van der Waals surface area contributed by atoms with E-state index in [1.165, 1.54) is 4.67 Å². The molecule has 2 aromatic carbocycles. The van der Waals surface area contributed by atoms with Gasteiger partial charge in [0.1, 0.15) is 0 Å². The van der Waals surface area contributed by atoms with E-state index < -0.39 is 12.8 Å². The highest BCUT2D eigenvalue weighted by Crippen LogP contribution is 2.52. The number of hydrogen-bond acceptors (Lipinski definition) is 8. The summed E-state index contributed by atoms with van der Waals surface area (Å²) in [6.07, 6.45) is 0. The van der Waals surface area contributed by atoms with Gasteiger partial charge in [-0.3, -0.25) is 19.1 Å². The lowest BCUT2D eigenvalue weighted by Gasteiger charge is -2.31. The molecule has 36 heavy (non-hydrogen) atoms. The number of carbonyl (C=O) groups is 2. The molecule has 9 nitrogen and oxygen atoms in total. The van der Waals surface area contributed by atoms with Crippen LogP contribution in [0.1, 0.15) is 37.4 Å². The lowest BCUT2D eigenvalue weighted by molar-refractivity contribution is 0.0892. The topological polar surface area (TPSA) is 139 Å². The van der Waals surface area contributed by atoms with E-state index in [2.05, 4.69) is 0 Å². The minimum Gasteiger partial charge on any atom is -0.395 e. The van der Waals surface area contributed by atoms with Gasteiger partial charge < -0.3 is 20.4 Å². The van der Waals surface area contributed by atoms with Crippen LogP contribution < -0.4 is 5.30 Å². The van der Waals surface area contributed by atoms with Crippen LogP contribution in [0.2, 0.25) is 0 Å². The SMILES string of the molecule is Cc1cc(C)c(C(=O)P(=O)(c2ccccc2)N(CCO)CCO)c(C)c1C(=O)CN(CCO)CCO. The maximum absolute atomic E-state index is 14.6. The first kappa shape index (κ1) is 30.0. The summed E-state index contributed by atoms with van der Waals surface area (Å²) in [6.45, 7) is 4.30. The number of benzene rings is 2. The van der Waals surface area contributed by atoms with E-state index in [0.717, 1.165) is 0 Å². The van der Waals surface area contributed by atoms with Gasteiger partial charge >= 0.3 is 0 Å². The van der Waals surface area contributed by atoms with Crippen LogP contribution in [0.25, 0.3) is 0 Å². The second-order valence-corrected chi connectivity index (χ2v) is 11.3. The molecule has 0 aliphatic heterocycles. The fraction of sp³-hybridized carbons (Fsp3) is 0.462. The van der Waals surface area contributed by atoms with E-state index in [9.17, 15) is 34.6 Å². The molecule has 0 bridgehead atoms. The molecule has 0 aliphatic rings. The largest absolute Gasteiger partial charge is 0.395 e. The van der Waals surface area contributed by atoms with Crippen LogP contribution in [-0.4, -0.2) is 100 Å². The molecule has 4 N–H and O–H groups in total.